The molecule has 4 aliphatic carbocycles. The third-order valence-electron chi connectivity index (χ3n) is 13.1. The molecule has 0 aromatic heterocycles. The Bertz CT molecular complexity index is 1580. The maximum atomic E-state index is 14.3. The molecule has 1 aromatic carbocycles. The van der Waals surface area contributed by atoms with Crippen molar-refractivity contribution in [1.82, 2.24) is 5.32 Å². The molecule has 0 spiro atoms. The number of aliphatic hydroxyl groups is 1. The van der Waals surface area contributed by atoms with Gasteiger partial charge in [0.25, 0.3) is 0 Å². The van der Waals surface area contributed by atoms with E-state index in [2.05, 4.69) is 12.2 Å². The van der Waals surface area contributed by atoms with Crippen LogP contribution < -0.4 is 5.32 Å². The van der Waals surface area contributed by atoms with Crippen molar-refractivity contribution in [1.29, 1.82) is 0 Å². The number of ether oxygens (including phenoxy) is 6. The van der Waals surface area contributed by atoms with Crippen LogP contribution in [0.1, 0.15) is 160 Å². The number of hydrogen-bond donors (Lipinski definition) is 2. The first-order valence-electron chi connectivity index (χ1n) is 23.5. The first-order chi connectivity index (χ1) is 29.9. The van der Waals surface area contributed by atoms with E-state index in [1.165, 1.54) is 70.6 Å². The van der Waals surface area contributed by atoms with Crippen LogP contribution in [-0.4, -0.2) is 91.0 Å². The Morgan fingerprint density at radius 3 is 1.84 bits per heavy atom. The van der Waals surface area contributed by atoms with Gasteiger partial charge < -0.3 is 38.8 Å². The number of allylic oxidation sites excluding steroid dienone is 1. The largest absolute Gasteiger partial charge is 0.456 e. The molecule has 5 aliphatic rings. The minimum absolute atomic E-state index is 0.0738. The van der Waals surface area contributed by atoms with E-state index < -0.39 is 73.3 Å². The average Bonchev–Trinajstić information content (AvgIpc) is 3.21. The molecule has 1 aromatic rings. The highest BCUT2D eigenvalue weighted by molar-refractivity contribution is 5.89. The maximum Gasteiger partial charge on any atom is 0.338 e. The van der Waals surface area contributed by atoms with Gasteiger partial charge in [-0.15, -0.1) is 0 Å². The number of rotatable bonds is 26. The molecule has 62 heavy (non-hydrogen) atoms. The zero-order valence-corrected chi connectivity index (χ0v) is 37.6. The first-order valence-corrected chi connectivity index (χ1v) is 23.5. The van der Waals surface area contributed by atoms with Crippen LogP contribution in [0.25, 0.3) is 0 Å². The van der Waals surface area contributed by atoms with Crippen molar-refractivity contribution in [2.75, 3.05) is 13.2 Å². The van der Waals surface area contributed by atoms with Crippen molar-refractivity contribution < 1.29 is 57.5 Å². The second-order valence-corrected chi connectivity index (χ2v) is 18.5. The number of unbranched alkanes of at least 4 members (excludes halogenated alkanes) is 11. The number of nitrogens with one attached hydrogen (secondary N) is 1. The molecule has 1 saturated heterocycles. The van der Waals surface area contributed by atoms with Crippen molar-refractivity contribution in [3.8, 4) is 0 Å². The van der Waals surface area contributed by atoms with E-state index in [9.17, 15) is 29.1 Å². The normalized spacial score (nSPS) is 28.5. The van der Waals surface area contributed by atoms with Crippen molar-refractivity contribution in [3.63, 3.8) is 0 Å². The summed E-state index contributed by atoms with van der Waals surface area (Å²) in [6.45, 7) is 4.74. The summed E-state index contributed by atoms with van der Waals surface area (Å²) in [5.41, 5.74) is 0.267. The summed E-state index contributed by atoms with van der Waals surface area (Å²) in [5, 5.41) is 13.5. The third kappa shape index (κ3) is 15.2. The summed E-state index contributed by atoms with van der Waals surface area (Å²) in [7, 11) is 0. The van der Waals surface area contributed by atoms with Crippen LogP contribution in [0.5, 0.6) is 0 Å². The lowest BCUT2D eigenvalue weighted by molar-refractivity contribution is -0.309. The van der Waals surface area contributed by atoms with Crippen molar-refractivity contribution >= 4 is 29.8 Å². The molecule has 6 rings (SSSR count). The minimum Gasteiger partial charge on any atom is -0.456 e. The van der Waals surface area contributed by atoms with Gasteiger partial charge in [0, 0.05) is 27.2 Å². The standard InChI is InChI=1S/C49H73NO12/c1-5-6-7-8-9-10-11-12-13-14-15-16-20-23-41(61-47(56)39-21-18-17-19-22-39)40(50-43(55)30-49-27-36-24-37(28-49)26-38(25-36)29-49)32-57-48-46(60-35(4)54)45(59-34(3)53)44(58-33(2)52)42(31-51)62-48/h17-23,36-38,40-42,44-46,48,51H,5-16,24-32H2,1-4H3,(H,50,55)/b23-20+/t36?,37?,38?,40-,41+,42+,44-,45-,46+,48+,49?/m0/s1. The van der Waals surface area contributed by atoms with E-state index >= 15 is 0 Å². The van der Waals surface area contributed by atoms with E-state index in [-0.39, 0.29) is 17.9 Å². The highest BCUT2D eigenvalue weighted by Crippen LogP contribution is 2.61. The fourth-order valence-electron chi connectivity index (χ4n) is 10.8. The Morgan fingerprint density at radius 2 is 1.29 bits per heavy atom. The number of esters is 4. The molecule has 13 heteroatoms. The van der Waals surface area contributed by atoms with E-state index in [0.717, 1.165) is 65.7 Å². The van der Waals surface area contributed by atoms with Gasteiger partial charge in [-0.05, 0) is 92.7 Å². The highest BCUT2D eigenvalue weighted by Gasteiger charge is 2.53. The SMILES string of the molecule is CCCCCCCCCCCCC/C=C/[C@@H](OC(=O)c1ccccc1)[C@H](CO[C@@H]1O[C@H](CO)[C@H](OC(C)=O)[C@H](OC(C)=O)[C@H]1OC(C)=O)NC(=O)CC12CC3CC(CC(C3)C1)C2. The lowest BCUT2D eigenvalue weighted by Crippen LogP contribution is -2.63. The Labute approximate surface area is 368 Å². The molecular formula is C49H73NO12. The van der Waals surface area contributed by atoms with E-state index in [1.54, 1.807) is 30.3 Å². The number of carbonyl (C=O) groups is 5. The fraction of sp³-hybridized carbons (Fsp3) is 0.735. The van der Waals surface area contributed by atoms with E-state index in [1.807, 2.05) is 12.1 Å². The van der Waals surface area contributed by atoms with Gasteiger partial charge in [-0.1, -0.05) is 95.4 Å². The molecule has 1 aliphatic heterocycles. The van der Waals surface area contributed by atoms with Crippen LogP contribution in [0.15, 0.2) is 42.5 Å². The van der Waals surface area contributed by atoms with Crippen molar-refractivity contribution in [3.05, 3.63) is 48.0 Å². The molecule has 5 fully saturated rings. The van der Waals surface area contributed by atoms with Crippen molar-refractivity contribution in [2.24, 2.45) is 23.2 Å². The summed E-state index contributed by atoms with van der Waals surface area (Å²) in [6, 6.07) is 7.69. The zero-order valence-electron chi connectivity index (χ0n) is 37.6. The molecule has 0 unspecified atom stereocenters. The lowest BCUT2D eigenvalue weighted by atomic mass is 9.49. The number of amides is 1. The quantitative estimate of drug-likeness (QED) is 0.0397. The van der Waals surface area contributed by atoms with Crippen LogP contribution in [0.2, 0.25) is 0 Å². The minimum atomic E-state index is -1.46. The Kier molecular flexibility index (Phi) is 19.7. The van der Waals surface area contributed by atoms with Gasteiger partial charge >= 0.3 is 23.9 Å². The van der Waals surface area contributed by atoms with Gasteiger partial charge in [-0.3, -0.25) is 19.2 Å². The predicted molar refractivity (Wildman–Crippen MR) is 231 cm³/mol. The van der Waals surface area contributed by atoms with E-state index in [4.69, 9.17) is 28.4 Å². The molecule has 4 bridgehead atoms. The van der Waals surface area contributed by atoms with Crippen LogP contribution in [0.3, 0.4) is 0 Å². The summed E-state index contributed by atoms with van der Waals surface area (Å²) in [6.07, 6.45) is 17.3. The number of carbonyl (C=O) groups excluding carboxylic acids is 5. The fourth-order valence-corrected chi connectivity index (χ4v) is 10.8. The molecule has 7 atom stereocenters. The van der Waals surface area contributed by atoms with Gasteiger partial charge in [-0.25, -0.2) is 4.79 Å². The second-order valence-electron chi connectivity index (χ2n) is 18.5. The topological polar surface area (TPSA) is 173 Å². The molecule has 13 nitrogen and oxygen atoms in total. The molecule has 1 heterocycles. The monoisotopic (exact) mass is 868 g/mol. The lowest BCUT2D eigenvalue weighted by Gasteiger charge is -2.56. The second kappa shape index (κ2) is 24.9. The number of hydrogen-bond acceptors (Lipinski definition) is 12. The zero-order chi connectivity index (χ0) is 44.5. The molecule has 346 valence electrons. The van der Waals surface area contributed by atoms with Gasteiger partial charge in [0.05, 0.1) is 24.8 Å². The third-order valence-corrected chi connectivity index (χ3v) is 13.1. The van der Waals surface area contributed by atoms with Gasteiger partial charge in [0.2, 0.25) is 5.91 Å². The first kappa shape index (κ1) is 49.2. The Morgan fingerprint density at radius 1 is 0.758 bits per heavy atom. The Hall–Kier alpha value is -3.81. The molecule has 2 N–H and O–H groups in total. The van der Waals surface area contributed by atoms with Crippen molar-refractivity contribution in [2.45, 2.75) is 193 Å². The summed E-state index contributed by atoms with van der Waals surface area (Å²) < 4.78 is 35.2. The molecular weight excluding hydrogens is 795 g/mol. The van der Waals surface area contributed by atoms with Crippen LogP contribution in [0.4, 0.5) is 0 Å². The number of aliphatic hydroxyl groups excluding tert-OH is 1. The predicted octanol–water partition coefficient (Wildman–Crippen LogP) is 8.09. The smallest absolute Gasteiger partial charge is 0.338 e. The van der Waals surface area contributed by atoms with Gasteiger partial charge in [-0.2, -0.15) is 0 Å². The van der Waals surface area contributed by atoms with Gasteiger partial charge in [0.1, 0.15) is 12.2 Å². The summed E-state index contributed by atoms with van der Waals surface area (Å²) in [4.78, 5) is 64.9. The van der Waals surface area contributed by atoms with Crippen LogP contribution in [0, 0.1) is 23.2 Å². The van der Waals surface area contributed by atoms with Crippen LogP contribution >= 0.6 is 0 Å². The average molecular weight is 868 g/mol. The molecule has 0 radical (unpaired) electrons. The highest BCUT2D eigenvalue weighted by atomic mass is 16.7. The maximum absolute atomic E-state index is 14.3. The summed E-state index contributed by atoms with van der Waals surface area (Å²) in [5.74, 6) is -1.07. The molecule has 4 saturated carbocycles. The number of benzene rings is 1. The Balaban J connectivity index is 1.35. The van der Waals surface area contributed by atoms with Crippen LogP contribution in [-0.2, 0) is 47.6 Å². The van der Waals surface area contributed by atoms with Gasteiger partial charge in [0.15, 0.2) is 24.6 Å². The molecule has 1 amide bonds. The van der Waals surface area contributed by atoms with E-state index in [0.29, 0.717) is 29.7 Å². The summed E-state index contributed by atoms with van der Waals surface area (Å²) >= 11 is 0.